The molecule has 7 aromatic rings. The molecule has 0 atom stereocenters. The summed E-state index contributed by atoms with van der Waals surface area (Å²) in [6, 6.07) is 46.3. The maximum Gasteiger partial charge on any atom is 0.135 e. The standard InChI is InChI=1S/C55H59N4O.Pt/c1-37(2)25-38-26-39(34-53(3,4)5)28-43(27-38)57-35-51(55(9,10)11)58(36-57)44-29-41(40-17-13-12-14-18-40)30-46(32-44)60-45-21-22-48-47-19-15-16-20-49(47)59(50(48)33-45)52-31-42(23-24-56-52)54(6,7)8;/h12-24,26-31,35-37H,25,34H2,1-11H3;/q-3;. The molecule has 0 bridgehead atoms. The van der Waals surface area contributed by atoms with Crippen molar-refractivity contribution in [2.45, 2.75) is 94.4 Å². The van der Waals surface area contributed by atoms with Crippen LogP contribution in [0.15, 0.2) is 127 Å². The number of benzene rings is 5. The van der Waals surface area contributed by atoms with Crippen molar-refractivity contribution >= 4 is 33.2 Å². The molecule has 0 saturated heterocycles. The van der Waals surface area contributed by atoms with Crippen LogP contribution in [0.4, 0.5) is 11.4 Å². The molecule has 5 aromatic carbocycles. The van der Waals surface area contributed by atoms with Gasteiger partial charge < -0.3 is 19.1 Å². The number of fused-ring (bicyclic) bond motifs is 3. The molecule has 0 spiro atoms. The van der Waals surface area contributed by atoms with Gasteiger partial charge in [0.25, 0.3) is 0 Å². The minimum Gasteiger partial charge on any atom is -0.509 e. The number of pyridine rings is 1. The van der Waals surface area contributed by atoms with Crippen molar-refractivity contribution in [3.05, 3.63) is 163 Å². The molecule has 0 fully saturated rings. The fourth-order valence-corrected chi connectivity index (χ4v) is 8.31. The smallest absolute Gasteiger partial charge is 0.135 e. The van der Waals surface area contributed by atoms with E-state index in [2.05, 4.69) is 219 Å². The number of hydrogen-bond donors (Lipinski definition) is 0. The number of para-hydroxylation sites is 1. The Hall–Kier alpha value is -5.12. The van der Waals surface area contributed by atoms with E-state index < -0.39 is 0 Å². The maximum absolute atomic E-state index is 6.84. The number of aromatic nitrogens is 2. The molecule has 0 radical (unpaired) electrons. The zero-order valence-corrected chi connectivity index (χ0v) is 39.9. The average molecular weight is 987 g/mol. The first kappa shape index (κ1) is 44.0. The van der Waals surface area contributed by atoms with Crippen LogP contribution >= 0.6 is 0 Å². The largest absolute Gasteiger partial charge is 0.509 e. The van der Waals surface area contributed by atoms with Gasteiger partial charge in [-0.05, 0) is 93.8 Å². The molecule has 318 valence electrons. The van der Waals surface area contributed by atoms with Crippen molar-refractivity contribution in [1.29, 1.82) is 0 Å². The van der Waals surface area contributed by atoms with Gasteiger partial charge in [-0.15, -0.1) is 53.6 Å². The van der Waals surface area contributed by atoms with Crippen molar-refractivity contribution < 1.29 is 25.8 Å². The average Bonchev–Trinajstić information content (AvgIpc) is 3.78. The van der Waals surface area contributed by atoms with Crippen molar-refractivity contribution in [3.63, 3.8) is 0 Å². The van der Waals surface area contributed by atoms with E-state index in [0.29, 0.717) is 17.4 Å². The van der Waals surface area contributed by atoms with Crippen LogP contribution in [0, 0.1) is 35.5 Å². The molecule has 0 unspecified atom stereocenters. The second-order valence-electron chi connectivity index (χ2n) is 20.2. The van der Waals surface area contributed by atoms with Gasteiger partial charge in [0.1, 0.15) is 5.82 Å². The second kappa shape index (κ2) is 17.0. The van der Waals surface area contributed by atoms with Crippen LogP contribution in [0.5, 0.6) is 11.5 Å². The predicted octanol–water partition coefficient (Wildman–Crippen LogP) is 14.7. The minimum atomic E-state index is -0.169. The summed E-state index contributed by atoms with van der Waals surface area (Å²) in [6.07, 6.45) is 6.25. The van der Waals surface area contributed by atoms with Gasteiger partial charge in [0.2, 0.25) is 0 Å². The Morgan fingerprint density at radius 2 is 1.41 bits per heavy atom. The molecule has 1 aliphatic rings. The number of rotatable bonds is 9. The molecule has 0 saturated carbocycles. The summed E-state index contributed by atoms with van der Waals surface area (Å²) in [5.74, 6) is 2.65. The Balaban J connectivity index is 0.00000561. The molecule has 61 heavy (non-hydrogen) atoms. The SMILES string of the molecule is CC(C)Cc1cc(CC(C)(C)C)cc(N2C=C(C(C)(C)C)N(c3[c-]c(Oc4[c-]c5c(cc4)c4ccccc4n5-c4cc(C(C)(C)C)ccn4)cc(-c4ccccc4)c3)[CH-]2)c1.[Pt]. The summed E-state index contributed by atoms with van der Waals surface area (Å²) >= 11 is 0. The topological polar surface area (TPSA) is 33.5 Å². The van der Waals surface area contributed by atoms with Gasteiger partial charge in [0.15, 0.2) is 0 Å². The summed E-state index contributed by atoms with van der Waals surface area (Å²) in [5.41, 5.74) is 11.3. The number of nitrogens with zero attached hydrogens (tertiary/aromatic N) is 4. The first-order valence-electron chi connectivity index (χ1n) is 21.4. The van der Waals surface area contributed by atoms with Crippen molar-refractivity contribution in [3.8, 4) is 28.4 Å². The normalized spacial score (nSPS) is 13.6. The fourth-order valence-electron chi connectivity index (χ4n) is 8.31. The van der Waals surface area contributed by atoms with Gasteiger partial charge in [0.05, 0.1) is 0 Å². The minimum absolute atomic E-state index is 0. The van der Waals surface area contributed by atoms with Crippen molar-refractivity contribution in [1.82, 2.24) is 9.55 Å². The van der Waals surface area contributed by atoms with Crippen molar-refractivity contribution in [2.75, 3.05) is 9.80 Å². The van der Waals surface area contributed by atoms with Crippen LogP contribution in [0.3, 0.4) is 0 Å². The predicted molar refractivity (Wildman–Crippen MR) is 252 cm³/mol. The molecule has 0 N–H and O–H groups in total. The summed E-state index contributed by atoms with van der Waals surface area (Å²) in [6.45, 7) is 27.3. The third-order valence-corrected chi connectivity index (χ3v) is 11.1. The van der Waals surface area contributed by atoms with E-state index in [4.69, 9.17) is 9.72 Å². The van der Waals surface area contributed by atoms with E-state index >= 15 is 0 Å². The first-order chi connectivity index (χ1) is 28.4. The third kappa shape index (κ3) is 9.68. The molecule has 0 amide bonds. The van der Waals surface area contributed by atoms with Crippen LogP contribution in [0.1, 0.15) is 92.9 Å². The van der Waals surface area contributed by atoms with Crippen LogP contribution in [-0.4, -0.2) is 9.55 Å². The van der Waals surface area contributed by atoms with Gasteiger partial charge in [-0.2, -0.15) is 6.07 Å². The van der Waals surface area contributed by atoms with E-state index in [-0.39, 0.29) is 37.3 Å². The summed E-state index contributed by atoms with van der Waals surface area (Å²) in [4.78, 5) is 9.46. The van der Waals surface area contributed by atoms with Crippen LogP contribution in [0.2, 0.25) is 0 Å². The van der Waals surface area contributed by atoms with E-state index in [1.807, 2.05) is 12.3 Å². The van der Waals surface area contributed by atoms with Gasteiger partial charge in [0, 0.05) is 61.1 Å². The molecule has 5 nitrogen and oxygen atoms in total. The molecule has 1 aliphatic heterocycles. The number of ether oxygens (including phenoxy) is 1. The third-order valence-electron chi connectivity index (χ3n) is 11.1. The van der Waals surface area contributed by atoms with Gasteiger partial charge in [-0.25, -0.2) is 4.98 Å². The summed E-state index contributed by atoms with van der Waals surface area (Å²) < 4.78 is 9.05. The van der Waals surface area contributed by atoms with E-state index in [1.54, 1.807) is 0 Å². The Bertz CT molecular complexity index is 2710. The van der Waals surface area contributed by atoms with Crippen LogP contribution in [-0.2, 0) is 39.3 Å². The molecular formula is C55H59N4OPt-3. The first-order valence-corrected chi connectivity index (χ1v) is 21.4. The Morgan fingerprint density at radius 1 is 0.689 bits per heavy atom. The molecule has 2 aromatic heterocycles. The van der Waals surface area contributed by atoms with Gasteiger partial charge in [-0.3, -0.25) is 0 Å². The van der Waals surface area contributed by atoms with E-state index in [1.165, 1.54) is 28.1 Å². The van der Waals surface area contributed by atoms with E-state index in [9.17, 15) is 0 Å². The molecule has 6 heteroatoms. The Morgan fingerprint density at radius 3 is 2.11 bits per heavy atom. The van der Waals surface area contributed by atoms with Crippen molar-refractivity contribution in [2.24, 2.45) is 16.7 Å². The van der Waals surface area contributed by atoms with E-state index in [0.717, 1.165) is 57.3 Å². The van der Waals surface area contributed by atoms with Gasteiger partial charge in [-0.1, -0.05) is 136 Å². The zero-order chi connectivity index (χ0) is 42.6. The summed E-state index contributed by atoms with van der Waals surface area (Å²) in [5, 5.41) is 2.24. The Kier molecular flexibility index (Phi) is 12.2. The van der Waals surface area contributed by atoms with Gasteiger partial charge >= 0.3 is 0 Å². The monoisotopic (exact) mass is 986 g/mol. The van der Waals surface area contributed by atoms with Crippen LogP contribution < -0.4 is 14.5 Å². The maximum atomic E-state index is 6.84. The number of allylic oxidation sites excluding steroid dienone is 1. The number of anilines is 2. The molecular weight excluding hydrogens is 928 g/mol. The quantitative estimate of drug-likeness (QED) is 0.135. The molecule has 0 aliphatic carbocycles. The summed E-state index contributed by atoms with van der Waals surface area (Å²) in [7, 11) is 0. The van der Waals surface area contributed by atoms with Crippen LogP contribution in [0.25, 0.3) is 38.8 Å². The second-order valence-corrected chi connectivity index (χ2v) is 20.2. The molecule has 3 heterocycles. The fraction of sp³-hybridized carbons (Fsp3) is 0.309. The number of hydrogen-bond acceptors (Lipinski definition) is 4. The molecule has 8 rings (SSSR count). The Labute approximate surface area is 378 Å². The zero-order valence-electron chi connectivity index (χ0n) is 37.6.